The van der Waals surface area contributed by atoms with Gasteiger partial charge in [0.15, 0.2) is 0 Å². The fraction of sp³-hybridized carbons (Fsp3) is 0.400. The molecule has 3 N–H and O–H groups in total. The van der Waals surface area contributed by atoms with Gasteiger partial charge in [-0.05, 0) is 6.07 Å². The third-order valence-electron chi connectivity index (χ3n) is 2.31. The summed E-state index contributed by atoms with van der Waals surface area (Å²) in [6.45, 7) is -0.712. The number of benzene rings is 1. The molecule has 0 heterocycles. The van der Waals surface area contributed by atoms with E-state index in [0.717, 1.165) is 0 Å². The van der Waals surface area contributed by atoms with Crippen molar-refractivity contribution >= 4 is 5.69 Å². The molecule has 0 aliphatic rings. The van der Waals surface area contributed by atoms with Crippen molar-refractivity contribution in [1.82, 2.24) is 0 Å². The van der Waals surface area contributed by atoms with Gasteiger partial charge < -0.3 is 20.1 Å². The van der Waals surface area contributed by atoms with E-state index in [4.69, 9.17) is 9.84 Å². The first kappa shape index (κ1) is 13.4. The van der Waals surface area contributed by atoms with Crippen LogP contribution in [0, 0.1) is 10.1 Å². The summed E-state index contributed by atoms with van der Waals surface area (Å²) in [6, 6.07) is 4.01. The average molecular weight is 243 g/mol. The number of aliphatic hydroxyl groups is 3. The number of aliphatic hydroxyl groups excluding tert-OH is 3. The largest absolute Gasteiger partial charge is 0.496 e. The van der Waals surface area contributed by atoms with Crippen LogP contribution in [0.1, 0.15) is 11.7 Å². The number of rotatable bonds is 5. The summed E-state index contributed by atoms with van der Waals surface area (Å²) in [6.07, 6.45) is -3.10. The number of nitrogens with zero attached hydrogens (tertiary/aromatic N) is 1. The molecule has 0 saturated heterocycles. The molecule has 0 fully saturated rings. The van der Waals surface area contributed by atoms with E-state index in [2.05, 4.69) is 0 Å². The van der Waals surface area contributed by atoms with Crippen molar-refractivity contribution in [2.75, 3.05) is 13.7 Å². The monoisotopic (exact) mass is 243 g/mol. The zero-order chi connectivity index (χ0) is 13.0. The van der Waals surface area contributed by atoms with Gasteiger partial charge in [0, 0.05) is 6.07 Å². The van der Waals surface area contributed by atoms with Crippen molar-refractivity contribution in [2.24, 2.45) is 0 Å². The lowest BCUT2D eigenvalue weighted by Gasteiger charge is -2.18. The molecule has 7 heteroatoms. The molecule has 1 rings (SSSR count). The first-order chi connectivity index (χ1) is 8.02. The lowest BCUT2D eigenvalue weighted by molar-refractivity contribution is -0.386. The highest BCUT2D eigenvalue weighted by Gasteiger charge is 2.29. The van der Waals surface area contributed by atoms with E-state index in [9.17, 15) is 20.3 Å². The van der Waals surface area contributed by atoms with Crippen LogP contribution in [0.15, 0.2) is 18.2 Å². The van der Waals surface area contributed by atoms with E-state index >= 15 is 0 Å². The van der Waals surface area contributed by atoms with Crippen molar-refractivity contribution in [1.29, 1.82) is 0 Å². The average Bonchev–Trinajstić information content (AvgIpc) is 2.35. The molecule has 2 atom stereocenters. The number of hydrogen-bond donors (Lipinski definition) is 3. The lowest BCUT2D eigenvalue weighted by Crippen LogP contribution is -2.23. The second-order valence-electron chi connectivity index (χ2n) is 3.34. The maximum Gasteiger partial charge on any atom is 0.279 e. The number of nitro groups is 1. The molecule has 2 unspecified atom stereocenters. The summed E-state index contributed by atoms with van der Waals surface area (Å²) in [7, 11) is 1.29. The molecule has 17 heavy (non-hydrogen) atoms. The molecule has 0 amide bonds. The van der Waals surface area contributed by atoms with Crippen LogP contribution in [0.2, 0.25) is 0 Å². The van der Waals surface area contributed by atoms with Crippen LogP contribution in [0.5, 0.6) is 5.75 Å². The normalized spacial score (nSPS) is 14.1. The van der Waals surface area contributed by atoms with Crippen LogP contribution in [-0.4, -0.2) is 40.1 Å². The van der Waals surface area contributed by atoms with Crippen molar-refractivity contribution in [3.63, 3.8) is 0 Å². The minimum atomic E-state index is -1.59. The van der Waals surface area contributed by atoms with Gasteiger partial charge in [-0.2, -0.15) is 0 Å². The molecule has 0 radical (unpaired) electrons. The van der Waals surface area contributed by atoms with Gasteiger partial charge in [-0.25, -0.2) is 0 Å². The van der Waals surface area contributed by atoms with Gasteiger partial charge in [0.05, 0.1) is 18.6 Å². The molecular weight excluding hydrogens is 230 g/mol. The predicted molar refractivity (Wildman–Crippen MR) is 57.7 cm³/mol. The molecular formula is C10H13NO6. The highest BCUT2D eigenvalue weighted by atomic mass is 16.6. The number of nitro benzene ring substituents is 1. The summed E-state index contributed by atoms with van der Waals surface area (Å²) in [5.74, 6) is 0.0826. The van der Waals surface area contributed by atoms with Gasteiger partial charge in [0.25, 0.3) is 5.69 Å². The quantitative estimate of drug-likeness (QED) is 0.495. The van der Waals surface area contributed by atoms with Crippen LogP contribution in [0.3, 0.4) is 0 Å². The van der Waals surface area contributed by atoms with Crippen molar-refractivity contribution in [3.8, 4) is 5.75 Å². The Morgan fingerprint density at radius 2 is 2.12 bits per heavy atom. The fourth-order valence-electron chi connectivity index (χ4n) is 1.46. The molecule has 0 spiro atoms. The van der Waals surface area contributed by atoms with E-state index in [0.29, 0.717) is 0 Å². The van der Waals surface area contributed by atoms with Gasteiger partial charge in [-0.1, -0.05) is 6.07 Å². The standard InChI is InChI=1S/C10H13NO6/c1-17-8-4-2-3-6(11(15)16)9(8)10(14)7(13)5-12/h2-4,7,10,12-14H,5H2,1H3. The number of hydrogen-bond acceptors (Lipinski definition) is 6. The summed E-state index contributed by atoms with van der Waals surface area (Å²) in [4.78, 5) is 10.1. The highest BCUT2D eigenvalue weighted by molar-refractivity contribution is 5.51. The van der Waals surface area contributed by atoms with Gasteiger partial charge in [-0.15, -0.1) is 0 Å². The Balaban J connectivity index is 3.31. The van der Waals surface area contributed by atoms with Crippen LogP contribution in [-0.2, 0) is 0 Å². The van der Waals surface area contributed by atoms with E-state index < -0.39 is 23.7 Å². The van der Waals surface area contributed by atoms with Gasteiger partial charge in [-0.3, -0.25) is 10.1 Å². The minimum Gasteiger partial charge on any atom is -0.496 e. The van der Waals surface area contributed by atoms with E-state index in [1.165, 1.54) is 25.3 Å². The van der Waals surface area contributed by atoms with Crippen LogP contribution in [0.4, 0.5) is 5.69 Å². The van der Waals surface area contributed by atoms with Gasteiger partial charge in [0.2, 0.25) is 0 Å². The second-order valence-corrected chi connectivity index (χ2v) is 3.34. The molecule has 94 valence electrons. The fourth-order valence-corrected chi connectivity index (χ4v) is 1.46. The summed E-state index contributed by atoms with van der Waals surface area (Å²) in [5, 5.41) is 38.6. The Kier molecular flexibility index (Phi) is 4.38. The van der Waals surface area contributed by atoms with Crippen molar-refractivity contribution < 1.29 is 25.0 Å². The predicted octanol–water partition coefficient (Wildman–Crippen LogP) is -0.0100. The third-order valence-corrected chi connectivity index (χ3v) is 2.31. The molecule has 0 aromatic heterocycles. The van der Waals surface area contributed by atoms with Gasteiger partial charge in [0.1, 0.15) is 23.5 Å². The third kappa shape index (κ3) is 2.70. The summed E-state index contributed by atoms with van der Waals surface area (Å²) >= 11 is 0. The molecule has 1 aromatic rings. The van der Waals surface area contributed by atoms with E-state index in [1.807, 2.05) is 0 Å². The Bertz CT molecular complexity index is 408. The van der Waals surface area contributed by atoms with E-state index in [-0.39, 0.29) is 17.0 Å². The lowest BCUT2D eigenvalue weighted by atomic mass is 10.0. The second kappa shape index (κ2) is 5.58. The Labute approximate surface area is 97.0 Å². The maximum absolute atomic E-state index is 10.8. The van der Waals surface area contributed by atoms with Crippen molar-refractivity contribution in [2.45, 2.75) is 12.2 Å². The Hall–Kier alpha value is -1.70. The SMILES string of the molecule is COc1cccc([N+](=O)[O-])c1C(O)C(O)CO. The summed E-state index contributed by atoms with van der Waals surface area (Å²) < 4.78 is 4.89. The van der Waals surface area contributed by atoms with Crippen LogP contribution >= 0.6 is 0 Å². The van der Waals surface area contributed by atoms with Crippen molar-refractivity contribution in [3.05, 3.63) is 33.9 Å². The molecule has 7 nitrogen and oxygen atoms in total. The smallest absolute Gasteiger partial charge is 0.279 e. The zero-order valence-corrected chi connectivity index (χ0v) is 9.11. The topological polar surface area (TPSA) is 113 Å². The number of methoxy groups -OCH3 is 1. The minimum absolute atomic E-state index is 0.0826. The first-order valence-corrected chi connectivity index (χ1v) is 4.81. The maximum atomic E-state index is 10.8. The van der Waals surface area contributed by atoms with Crippen LogP contribution < -0.4 is 4.74 Å². The first-order valence-electron chi connectivity index (χ1n) is 4.81. The Morgan fingerprint density at radius 1 is 1.47 bits per heavy atom. The molecule has 0 aliphatic heterocycles. The molecule has 0 bridgehead atoms. The van der Waals surface area contributed by atoms with Crippen LogP contribution in [0.25, 0.3) is 0 Å². The Morgan fingerprint density at radius 3 is 2.59 bits per heavy atom. The van der Waals surface area contributed by atoms with E-state index in [1.54, 1.807) is 0 Å². The van der Waals surface area contributed by atoms with Gasteiger partial charge >= 0.3 is 0 Å². The zero-order valence-electron chi connectivity index (χ0n) is 9.11. The number of ether oxygens (including phenoxy) is 1. The highest BCUT2D eigenvalue weighted by Crippen LogP contribution is 2.35. The summed E-state index contributed by atoms with van der Waals surface area (Å²) in [5.41, 5.74) is -0.522. The molecule has 1 aromatic carbocycles. The molecule has 0 aliphatic carbocycles. The molecule has 0 saturated carbocycles.